The average Bonchev–Trinajstić information content (AvgIpc) is 2.71. The van der Waals surface area contributed by atoms with E-state index >= 15 is 0 Å². The molecule has 0 aliphatic heterocycles. The first-order chi connectivity index (χ1) is 8.54. The number of carboxylic acid groups (broad SMARTS) is 1. The van der Waals surface area contributed by atoms with E-state index in [4.69, 9.17) is 10.2 Å². The molecule has 3 N–H and O–H groups in total. The number of carboxylic acids is 1. The normalized spacial score (nSPS) is 12.6. The van der Waals surface area contributed by atoms with Crippen LogP contribution in [0.25, 0.3) is 6.08 Å². The van der Waals surface area contributed by atoms with Crippen molar-refractivity contribution in [3.8, 4) is 0 Å². The summed E-state index contributed by atoms with van der Waals surface area (Å²) < 4.78 is 1.58. The molecule has 0 fully saturated rings. The van der Waals surface area contributed by atoms with Crippen molar-refractivity contribution >= 4 is 18.0 Å². The molecule has 7 heteroatoms. The Morgan fingerprint density at radius 2 is 2.33 bits per heavy atom. The summed E-state index contributed by atoms with van der Waals surface area (Å²) >= 11 is 0. The van der Waals surface area contributed by atoms with Crippen molar-refractivity contribution in [1.82, 2.24) is 15.1 Å². The lowest BCUT2D eigenvalue weighted by Gasteiger charge is -2.11. The molecule has 0 unspecified atom stereocenters. The molecule has 0 saturated carbocycles. The average molecular weight is 253 g/mol. The van der Waals surface area contributed by atoms with Crippen molar-refractivity contribution in [3.05, 3.63) is 24.0 Å². The van der Waals surface area contributed by atoms with Gasteiger partial charge in [0, 0.05) is 32.3 Å². The van der Waals surface area contributed by atoms with Gasteiger partial charge in [0.25, 0.3) is 0 Å². The highest BCUT2D eigenvalue weighted by Gasteiger charge is 2.17. The number of nitrogens with one attached hydrogen (secondary N) is 1. The zero-order valence-electron chi connectivity index (χ0n) is 9.91. The van der Waals surface area contributed by atoms with Crippen LogP contribution in [0.2, 0.25) is 0 Å². The quantitative estimate of drug-likeness (QED) is 0.586. The van der Waals surface area contributed by atoms with E-state index in [0.29, 0.717) is 0 Å². The van der Waals surface area contributed by atoms with Gasteiger partial charge in [-0.05, 0) is 12.1 Å². The Morgan fingerprint density at radius 3 is 2.83 bits per heavy atom. The minimum absolute atomic E-state index is 0.0272. The van der Waals surface area contributed by atoms with Crippen LogP contribution in [0.5, 0.6) is 0 Å². The van der Waals surface area contributed by atoms with Crippen molar-refractivity contribution in [2.24, 2.45) is 7.05 Å². The van der Waals surface area contributed by atoms with Gasteiger partial charge in [0.15, 0.2) is 0 Å². The van der Waals surface area contributed by atoms with E-state index in [1.54, 1.807) is 24.0 Å². The van der Waals surface area contributed by atoms with Crippen LogP contribution >= 0.6 is 0 Å². The van der Waals surface area contributed by atoms with Crippen LogP contribution in [0, 0.1) is 0 Å². The lowest BCUT2D eigenvalue weighted by atomic mass is 10.2. The minimum atomic E-state index is -1.17. The third kappa shape index (κ3) is 4.02. The Bertz CT molecular complexity index is 453. The van der Waals surface area contributed by atoms with Crippen molar-refractivity contribution in [2.75, 3.05) is 6.61 Å². The Labute approximate surface area is 104 Å². The van der Waals surface area contributed by atoms with Crippen LogP contribution in [-0.2, 0) is 16.6 Å². The highest BCUT2D eigenvalue weighted by molar-refractivity contribution is 5.94. The zero-order chi connectivity index (χ0) is 13.5. The molecule has 1 aromatic rings. The Hall–Kier alpha value is -2.15. The minimum Gasteiger partial charge on any atom is -0.480 e. The molecule has 0 radical (unpaired) electrons. The summed E-state index contributed by atoms with van der Waals surface area (Å²) in [5.41, 5.74) is 0.721. The van der Waals surface area contributed by atoms with Gasteiger partial charge in [-0.15, -0.1) is 0 Å². The lowest BCUT2D eigenvalue weighted by Crippen LogP contribution is -2.40. The van der Waals surface area contributed by atoms with E-state index in [1.807, 2.05) is 0 Å². The van der Waals surface area contributed by atoms with Crippen LogP contribution in [0.1, 0.15) is 12.1 Å². The molecule has 1 amide bonds. The molecule has 0 bridgehead atoms. The summed E-state index contributed by atoms with van der Waals surface area (Å²) in [6.07, 6.45) is 4.31. The molecular formula is C11H15N3O4. The standard InChI is InChI=1S/C11H15N3O4/c1-14-8(4-6-12-14)2-3-10(16)13-9(5-7-15)11(17)18/h2-4,6,9,15H,5,7H2,1H3,(H,13,16)(H,17,18)/b3-2+/t9-/m0/s1. The van der Waals surface area contributed by atoms with Gasteiger partial charge in [0.1, 0.15) is 6.04 Å². The number of aliphatic carboxylic acids is 1. The molecule has 0 spiro atoms. The maximum atomic E-state index is 11.5. The Balaban J connectivity index is 2.58. The lowest BCUT2D eigenvalue weighted by molar-refractivity contribution is -0.141. The fourth-order valence-corrected chi connectivity index (χ4v) is 1.32. The number of aliphatic hydroxyl groups is 1. The van der Waals surface area contributed by atoms with E-state index in [-0.39, 0.29) is 13.0 Å². The van der Waals surface area contributed by atoms with E-state index in [9.17, 15) is 9.59 Å². The fourth-order valence-electron chi connectivity index (χ4n) is 1.32. The van der Waals surface area contributed by atoms with Crippen LogP contribution in [-0.4, -0.2) is 44.5 Å². The second kappa shape index (κ2) is 6.55. The first-order valence-electron chi connectivity index (χ1n) is 5.35. The third-order valence-corrected chi connectivity index (χ3v) is 2.30. The molecule has 1 heterocycles. The topological polar surface area (TPSA) is 104 Å². The smallest absolute Gasteiger partial charge is 0.326 e. The number of nitrogens with zero attached hydrogens (tertiary/aromatic N) is 2. The molecule has 18 heavy (non-hydrogen) atoms. The molecule has 1 aromatic heterocycles. The molecule has 7 nitrogen and oxygen atoms in total. The molecule has 98 valence electrons. The van der Waals surface area contributed by atoms with Gasteiger partial charge in [0.2, 0.25) is 5.91 Å². The van der Waals surface area contributed by atoms with E-state index in [2.05, 4.69) is 10.4 Å². The largest absolute Gasteiger partial charge is 0.480 e. The van der Waals surface area contributed by atoms with Gasteiger partial charge in [-0.25, -0.2) is 4.79 Å². The highest BCUT2D eigenvalue weighted by Crippen LogP contribution is 1.99. The summed E-state index contributed by atoms with van der Waals surface area (Å²) in [7, 11) is 1.73. The third-order valence-electron chi connectivity index (χ3n) is 2.30. The number of hydrogen-bond donors (Lipinski definition) is 3. The van der Waals surface area contributed by atoms with E-state index in [1.165, 1.54) is 12.2 Å². The van der Waals surface area contributed by atoms with Crippen molar-refractivity contribution in [3.63, 3.8) is 0 Å². The summed E-state index contributed by atoms with van der Waals surface area (Å²) in [5.74, 6) is -1.71. The van der Waals surface area contributed by atoms with Crippen LogP contribution in [0.3, 0.4) is 0 Å². The summed E-state index contributed by atoms with van der Waals surface area (Å²) in [6.45, 7) is -0.303. The number of carbonyl (C=O) groups excluding carboxylic acids is 1. The number of amides is 1. The highest BCUT2D eigenvalue weighted by atomic mass is 16.4. The predicted molar refractivity (Wildman–Crippen MR) is 63.5 cm³/mol. The first-order valence-corrected chi connectivity index (χ1v) is 5.35. The number of hydrogen-bond acceptors (Lipinski definition) is 4. The fraction of sp³-hybridized carbons (Fsp3) is 0.364. The first kappa shape index (κ1) is 13.9. The van der Waals surface area contributed by atoms with Crippen molar-refractivity contribution in [1.29, 1.82) is 0 Å². The van der Waals surface area contributed by atoms with E-state index in [0.717, 1.165) is 5.69 Å². The summed E-state index contributed by atoms with van der Waals surface area (Å²) in [4.78, 5) is 22.2. The number of aromatic nitrogens is 2. The van der Waals surface area contributed by atoms with Gasteiger partial charge < -0.3 is 15.5 Å². The molecule has 1 rings (SSSR count). The maximum absolute atomic E-state index is 11.5. The second-order valence-electron chi connectivity index (χ2n) is 3.62. The Kier molecular flexibility index (Phi) is 5.06. The van der Waals surface area contributed by atoms with Gasteiger partial charge >= 0.3 is 5.97 Å². The molecule has 0 aromatic carbocycles. The van der Waals surface area contributed by atoms with Crippen molar-refractivity contribution < 1.29 is 19.8 Å². The Morgan fingerprint density at radius 1 is 1.61 bits per heavy atom. The van der Waals surface area contributed by atoms with Gasteiger partial charge in [-0.1, -0.05) is 0 Å². The van der Waals surface area contributed by atoms with Crippen molar-refractivity contribution in [2.45, 2.75) is 12.5 Å². The van der Waals surface area contributed by atoms with Gasteiger partial charge in [0.05, 0.1) is 5.69 Å². The zero-order valence-corrected chi connectivity index (χ0v) is 9.91. The molecule has 1 atom stereocenters. The number of carbonyl (C=O) groups is 2. The summed E-state index contributed by atoms with van der Waals surface area (Å²) in [5, 5.41) is 23.7. The van der Waals surface area contributed by atoms with Gasteiger partial charge in [-0.2, -0.15) is 5.10 Å². The van der Waals surface area contributed by atoms with E-state index < -0.39 is 17.9 Å². The monoisotopic (exact) mass is 253 g/mol. The SMILES string of the molecule is Cn1nccc1/C=C/C(=O)N[C@@H](CCO)C(=O)O. The second-order valence-corrected chi connectivity index (χ2v) is 3.62. The van der Waals surface area contributed by atoms with Crippen LogP contribution in [0.15, 0.2) is 18.3 Å². The molecule has 0 aliphatic rings. The predicted octanol–water partition coefficient (Wildman–Crippen LogP) is -0.615. The number of rotatable bonds is 6. The van der Waals surface area contributed by atoms with Crippen LogP contribution < -0.4 is 5.32 Å². The number of aryl methyl sites for hydroxylation is 1. The number of aliphatic hydroxyl groups excluding tert-OH is 1. The molecule has 0 aliphatic carbocycles. The molecular weight excluding hydrogens is 238 g/mol. The molecule has 0 saturated heterocycles. The van der Waals surface area contributed by atoms with Crippen LogP contribution in [0.4, 0.5) is 0 Å². The summed E-state index contributed by atoms with van der Waals surface area (Å²) in [6, 6.07) is 0.630. The maximum Gasteiger partial charge on any atom is 0.326 e. The van der Waals surface area contributed by atoms with Gasteiger partial charge in [-0.3, -0.25) is 9.48 Å².